The van der Waals surface area contributed by atoms with Crippen LogP contribution < -0.4 is 11.3 Å². The van der Waals surface area contributed by atoms with Crippen molar-refractivity contribution >= 4 is 11.7 Å². The number of fused-ring (bicyclic) bond motifs is 4. The highest BCUT2D eigenvalue weighted by Gasteiger charge is 2.37. The molecule has 2 atom stereocenters. The van der Waals surface area contributed by atoms with Gasteiger partial charge in [0.05, 0.1) is 11.3 Å². The van der Waals surface area contributed by atoms with Crippen molar-refractivity contribution in [2.45, 2.75) is 32.2 Å². The molecule has 1 saturated heterocycles. The van der Waals surface area contributed by atoms with Crippen molar-refractivity contribution in [1.29, 1.82) is 0 Å². The van der Waals surface area contributed by atoms with Crippen molar-refractivity contribution in [3.05, 3.63) is 64.4 Å². The zero-order valence-electron chi connectivity index (χ0n) is 17.2. The summed E-state index contributed by atoms with van der Waals surface area (Å²) in [5.41, 5.74) is 8.51. The Kier molecular flexibility index (Phi) is 4.72. The molecule has 2 N–H and O–H groups in total. The van der Waals surface area contributed by atoms with Crippen LogP contribution in [0.5, 0.6) is 0 Å². The summed E-state index contributed by atoms with van der Waals surface area (Å²) >= 11 is 0. The maximum absolute atomic E-state index is 13.1. The number of nitrogen functional groups attached to an aromatic ring is 1. The molecule has 0 aromatic carbocycles. The van der Waals surface area contributed by atoms with Crippen LogP contribution in [0.25, 0.3) is 11.3 Å². The summed E-state index contributed by atoms with van der Waals surface area (Å²) in [5.74, 6) is 1.34. The number of likely N-dealkylation sites (tertiary alicyclic amines) is 1. The van der Waals surface area contributed by atoms with E-state index >= 15 is 0 Å². The zero-order valence-corrected chi connectivity index (χ0v) is 17.2. The number of hydrogen-bond donors (Lipinski definition) is 1. The third-order valence-corrected chi connectivity index (χ3v) is 6.10. The molecule has 2 bridgehead atoms. The summed E-state index contributed by atoms with van der Waals surface area (Å²) in [5, 5.41) is 0. The normalized spacial score (nSPS) is 19.7. The minimum atomic E-state index is -0.0621. The predicted molar refractivity (Wildman–Crippen MR) is 114 cm³/mol. The first-order valence-corrected chi connectivity index (χ1v) is 10.4. The number of nitrogens with zero attached hydrogens (tertiary/aromatic N) is 6. The van der Waals surface area contributed by atoms with Gasteiger partial charge < -0.3 is 15.2 Å². The molecule has 2 aliphatic heterocycles. The molecule has 3 aromatic rings. The summed E-state index contributed by atoms with van der Waals surface area (Å²) in [4.78, 5) is 44.5. The number of pyridine rings is 1. The Bertz CT molecular complexity index is 1210. The smallest absolute Gasteiger partial charge is 0.257 e. The van der Waals surface area contributed by atoms with Crippen molar-refractivity contribution in [2.24, 2.45) is 5.92 Å². The van der Waals surface area contributed by atoms with Gasteiger partial charge in [0.15, 0.2) is 0 Å². The van der Waals surface area contributed by atoms with E-state index in [0.717, 1.165) is 29.9 Å². The minimum Gasteiger partial charge on any atom is -0.384 e. The number of nitrogens with two attached hydrogens (primary N) is 1. The van der Waals surface area contributed by atoms with E-state index in [1.807, 2.05) is 22.5 Å². The molecule has 0 unspecified atom stereocenters. The second-order valence-corrected chi connectivity index (χ2v) is 8.20. The molecule has 9 nitrogen and oxygen atoms in total. The average Bonchev–Trinajstić information content (AvgIpc) is 2.79. The Morgan fingerprint density at radius 3 is 2.65 bits per heavy atom. The van der Waals surface area contributed by atoms with Gasteiger partial charge in [-0.3, -0.25) is 9.59 Å². The van der Waals surface area contributed by atoms with E-state index in [2.05, 4.69) is 19.9 Å². The predicted octanol–water partition coefficient (Wildman–Crippen LogP) is 1.50. The van der Waals surface area contributed by atoms with Crippen LogP contribution >= 0.6 is 0 Å². The SMILES string of the molecule is CCc1ncc(C(=O)N2C[C@@H]3C[C@H](C2)c2cc(-c4cc(N)ncn4)cc(=O)n2C3)cn1. The molecule has 0 radical (unpaired) electrons. The lowest BCUT2D eigenvalue weighted by Gasteiger charge is -2.42. The van der Waals surface area contributed by atoms with Crippen molar-refractivity contribution in [3.8, 4) is 11.3 Å². The number of aromatic nitrogens is 5. The lowest BCUT2D eigenvalue weighted by molar-refractivity contribution is 0.0593. The largest absolute Gasteiger partial charge is 0.384 e. The number of piperidine rings is 1. The molecule has 1 amide bonds. The molecule has 2 aliphatic rings. The van der Waals surface area contributed by atoms with Gasteiger partial charge in [0.1, 0.15) is 18.0 Å². The summed E-state index contributed by atoms with van der Waals surface area (Å²) in [7, 11) is 0. The van der Waals surface area contributed by atoms with Gasteiger partial charge in [0.2, 0.25) is 0 Å². The second-order valence-electron chi connectivity index (χ2n) is 8.20. The van der Waals surface area contributed by atoms with Gasteiger partial charge in [-0.1, -0.05) is 6.92 Å². The monoisotopic (exact) mass is 417 g/mol. The molecule has 1 fully saturated rings. The van der Waals surface area contributed by atoms with Crippen molar-refractivity contribution in [3.63, 3.8) is 0 Å². The Balaban J connectivity index is 1.46. The molecular weight excluding hydrogens is 394 g/mol. The van der Waals surface area contributed by atoms with Crippen LogP contribution in [0.3, 0.4) is 0 Å². The fourth-order valence-corrected chi connectivity index (χ4v) is 4.63. The quantitative estimate of drug-likeness (QED) is 0.686. The van der Waals surface area contributed by atoms with Crippen LogP contribution in [0.15, 0.2) is 41.7 Å². The molecule has 3 aromatic heterocycles. The van der Waals surface area contributed by atoms with E-state index < -0.39 is 0 Å². The highest BCUT2D eigenvalue weighted by atomic mass is 16.2. The fraction of sp³-hybridized carbons (Fsp3) is 0.364. The van der Waals surface area contributed by atoms with Crippen molar-refractivity contribution in [1.82, 2.24) is 29.4 Å². The summed E-state index contributed by atoms with van der Waals surface area (Å²) in [6.45, 7) is 3.76. The summed E-state index contributed by atoms with van der Waals surface area (Å²) < 4.78 is 1.84. The van der Waals surface area contributed by atoms with E-state index in [0.29, 0.717) is 36.7 Å². The molecule has 0 spiro atoms. The third-order valence-electron chi connectivity index (χ3n) is 6.10. The first kappa shape index (κ1) is 19.3. The third kappa shape index (κ3) is 3.56. The van der Waals surface area contributed by atoms with Gasteiger partial charge >= 0.3 is 0 Å². The number of rotatable bonds is 3. The van der Waals surface area contributed by atoms with Gasteiger partial charge in [0, 0.05) is 67.8 Å². The van der Waals surface area contributed by atoms with Crippen LogP contribution in [-0.4, -0.2) is 48.4 Å². The highest BCUT2D eigenvalue weighted by molar-refractivity contribution is 5.93. The van der Waals surface area contributed by atoms with E-state index in [1.165, 1.54) is 6.33 Å². The molecule has 31 heavy (non-hydrogen) atoms. The number of hydrogen-bond acceptors (Lipinski definition) is 7. The van der Waals surface area contributed by atoms with Crippen LogP contribution in [0.4, 0.5) is 5.82 Å². The lowest BCUT2D eigenvalue weighted by Crippen LogP contribution is -2.49. The fourth-order valence-electron chi connectivity index (χ4n) is 4.63. The number of carbonyl (C=O) groups is 1. The molecule has 5 heterocycles. The Hall–Kier alpha value is -3.62. The standard InChI is InChI=1S/C22H23N7O2/c1-2-20-24-7-16(8-25-20)22(31)28-9-13-3-15(11-28)18-4-14(5-21(30)29(18)10-13)17-6-19(23)27-12-26-17/h4-8,12-13,15H,2-3,9-11H2,1H3,(H2,23,26,27)/t13-,15+/m0/s1. The van der Waals surface area contributed by atoms with Gasteiger partial charge in [-0.25, -0.2) is 19.9 Å². The zero-order chi connectivity index (χ0) is 21.5. The highest BCUT2D eigenvalue weighted by Crippen LogP contribution is 2.36. The topological polar surface area (TPSA) is 120 Å². The van der Waals surface area contributed by atoms with Crippen molar-refractivity contribution in [2.75, 3.05) is 18.8 Å². The van der Waals surface area contributed by atoms with E-state index in [1.54, 1.807) is 24.5 Å². The van der Waals surface area contributed by atoms with E-state index in [4.69, 9.17) is 5.73 Å². The second kappa shape index (κ2) is 7.57. The number of anilines is 1. The maximum atomic E-state index is 13.1. The van der Waals surface area contributed by atoms with E-state index in [9.17, 15) is 9.59 Å². The van der Waals surface area contributed by atoms with Gasteiger partial charge in [0.25, 0.3) is 11.5 Å². The molecule has 0 aliphatic carbocycles. The molecule has 158 valence electrons. The Labute approximate surface area is 179 Å². The molecule has 5 rings (SSSR count). The molecule has 0 saturated carbocycles. The maximum Gasteiger partial charge on any atom is 0.257 e. The van der Waals surface area contributed by atoms with Gasteiger partial charge in [-0.2, -0.15) is 0 Å². The first-order valence-electron chi connectivity index (χ1n) is 10.4. The minimum absolute atomic E-state index is 0.0530. The average molecular weight is 417 g/mol. The van der Waals surface area contributed by atoms with Crippen molar-refractivity contribution < 1.29 is 4.79 Å². The Morgan fingerprint density at radius 1 is 1.10 bits per heavy atom. The van der Waals surface area contributed by atoms with Crippen LogP contribution in [-0.2, 0) is 13.0 Å². The number of aryl methyl sites for hydroxylation is 1. The van der Waals surface area contributed by atoms with Crippen LogP contribution in [0, 0.1) is 5.92 Å². The summed E-state index contributed by atoms with van der Waals surface area (Å²) in [6, 6.07) is 5.26. The Morgan fingerprint density at radius 2 is 1.90 bits per heavy atom. The van der Waals surface area contributed by atoms with E-state index in [-0.39, 0.29) is 23.3 Å². The van der Waals surface area contributed by atoms with Gasteiger partial charge in [-0.15, -0.1) is 0 Å². The molecular formula is C22H23N7O2. The van der Waals surface area contributed by atoms with Gasteiger partial charge in [-0.05, 0) is 18.4 Å². The number of carbonyl (C=O) groups excluding carboxylic acids is 1. The van der Waals surface area contributed by atoms with Crippen LogP contribution in [0.2, 0.25) is 0 Å². The number of amides is 1. The lowest BCUT2D eigenvalue weighted by atomic mass is 9.82. The first-order chi connectivity index (χ1) is 15.0. The molecule has 9 heteroatoms. The van der Waals surface area contributed by atoms with Crippen LogP contribution in [0.1, 0.15) is 41.1 Å². The summed E-state index contributed by atoms with van der Waals surface area (Å²) in [6.07, 6.45) is 6.28.